The third-order valence-corrected chi connectivity index (χ3v) is 4.96. The zero-order valence-electron chi connectivity index (χ0n) is 15.7. The van der Waals surface area contributed by atoms with E-state index in [1.165, 1.54) is 5.56 Å². The molecule has 1 N–H and O–H groups in total. The van der Waals surface area contributed by atoms with Crippen LogP contribution in [0.3, 0.4) is 0 Å². The summed E-state index contributed by atoms with van der Waals surface area (Å²) in [5.41, 5.74) is 2.19. The number of benzene rings is 1. The molecule has 1 aliphatic rings. The van der Waals surface area contributed by atoms with E-state index in [1.807, 2.05) is 12.1 Å². The van der Waals surface area contributed by atoms with Gasteiger partial charge in [-0.3, -0.25) is 9.69 Å². The number of piperazine rings is 1. The molecule has 0 saturated carbocycles. The second kappa shape index (κ2) is 7.66. The standard InChI is InChI=1S/C20H32N2O2/c1-6-11-21-12-13-22(15(2)14-21)18(19(23)24)16-7-9-17(10-8-16)20(3,4)5/h7-10,15,18H,6,11-14H2,1-5H3,(H,23,24). The smallest absolute Gasteiger partial charge is 0.325 e. The first-order chi connectivity index (χ1) is 11.2. The van der Waals surface area contributed by atoms with Gasteiger partial charge in [-0.2, -0.15) is 0 Å². The SMILES string of the molecule is CCCN1CCN(C(C(=O)O)c2ccc(C(C)(C)C)cc2)C(C)C1. The Kier molecular flexibility index (Phi) is 6.05. The van der Waals surface area contributed by atoms with Gasteiger partial charge in [0.05, 0.1) is 0 Å². The minimum atomic E-state index is -0.755. The zero-order valence-corrected chi connectivity index (χ0v) is 15.7. The van der Waals surface area contributed by atoms with Crippen LogP contribution in [-0.4, -0.2) is 53.1 Å². The van der Waals surface area contributed by atoms with Gasteiger partial charge in [-0.15, -0.1) is 0 Å². The Morgan fingerprint density at radius 2 is 1.88 bits per heavy atom. The Bertz CT molecular complexity index is 548. The van der Waals surface area contributed by atoms with Crippen molar-refractivity contribution in [2.75, 3.05) is 26.2 Å². The molecule has 2 unspecified atom stereocenters. The number of carboxylic acid groups (broad SMARTS) is 1. The van der Waals surface area contributed by atoms with Crippen molar-refractivity contribution in [2.45, 2.75) is 58.5 Å². The molecule has 24 heavy (non-hydrogen) atoms. The first-order valence-electron chi connectivity index (χ1n) is 9.05. The molecule has 0 aliphatic carbocycles. The summed E-state index contributed by atoms with van der Waals surface area (Å²) in [6, 6.07) is 7.81. The second-order valence-corrected chi connectivity index (χ2v) is 8.00. The number of rotatable bonds is 5. The highest BCUT2D eigenvalue weighted by molar-refractivity contribution is 5.75. The number of hydrogen-bond acceptors (Lipinski definition) is 3. The van der Waals surface area contributed by atoms with Crippen molar-refractivity contribution in [3.05, 3.63) is 35.4 Å². The minimum absolute atomic E-state index is 0.0797. The summed E-state index contributed by atoms with van der Waals surface area (Å²) in [6.07, 6.45) is 1.14. The number of carboxylic acids is 1. The molecule has 1 saturated heterocycles. The quantitative estimate of drug-likeness (QED) is 0.896. The predicted molar refractivity (Wildman–Crippen MR) is 98.4 cm³/mol. The molecule has 4 heteroatoms. The van der Waals surface area contributed by atoms with Crippen LogP contribution in [0.15, 0.2) is 24.3 Å². The average molecular weight is 332 g/mol. The van der Waals surface area contributed by atoms with Crippen LogP contribution in [0.2, 0.25) is 0 Å². The van der Waals surface area contributed by atoms with Gasteiger partial charge in [0, 0.05) is 25.7 Å². The van der Waals surface area contributed by atoms with Crippen LogP contribution in [0.25, 0.3) is 0 Å². The first-order valence-corrected chi connectivity index (χ1v) is 9.05. The predicted octanol–water partition coefficient (Wildman–Crippen LogP) is 3.53. The molecule has 0 aromatic heterocycles. The summed E-state index contributed by atoms with van der Waals surface area (Å²) >= 11 is 0. The van der Waals surface area contributed by atoms with E-state index in [0.29, 0.717) is 0 Å². The summed E-state index contributed by atoms with van der Waals surface area (Å²) in [6.45, 7) is 14.6. The van der Waals surface area contributed by atoms with E-state index in [0.717, 1.165) is 38.2 Å². The second-order valence-electron chi connectivity index (χ2n) is 8.00. The van der Waals surface area contributed by atoms with Crippen molar-refractivity contribution in [3.63, 3.8) is 0 Å². The van der Waals surface area contributed by atoms with E-state index in [1.54, 1.807) is 0 Å². The monoisotopic (exact) mass is 332 g/mol. The van der Waals surface area contributed by atoms with E-state index < -0.39 is 12.0 Å². The van der Waals surface area contributed by atoms with E-state index in [4.69, 9.17) is 0 Å². The number of carbonyl (C=O) groups is 1. The molecular weight excluding hydrogens is 300 g/mol. The van der Waals surface area contributed by atoms with Crippen molar-refractivity contribution in [1.82, 2.24) is 9.80 Å². The maximum absolute atomic E-state index is 12.0. The van der Waals surface area contributed by atoms with Crippen LogP contribution in [0.4, 0.5) is 0 Å². The van der Waals surface area contributed by atoms with E-state index in [9.17, 15) is 9.90 Å². The van der Waals surface area contributed by atoms with E-state index >= 15 is 0 Å². The summed E-state index contributed by atoms with van der Waals surface area (Å²) in [5, 5.41) is 9.84. The number of aliphatic carboxylic acids is 1. The van der Waals surface area contributed by atoms with Crippen LogP contribution in [-0.2, 0) is 10.2 Å². The Labute approximate surface area is 146 Å². The lowest BCUT2D eigenvalue weighted by Gasteiger charge is -2.42. The minimum Gasteiger partial charge on any atom is -0.480 e. The summed E-state index contributed by atoms with van der Waals surface area (Å²) in [4.78, 5) is 16.6. The molecule has 2 atom stereocenters. The van der Waals surface area contributed by atoms with Crippen molar-refractivity contribution >= 4 is 5.97 Å². The van der Waals surface area contributed by atoms with Crippen LogP contribution in [0.5, 0.6) is 0 Å². The van der Waals surface area contributed by atoms with Crippen molar-refractivity contribution in [3.8, 4) is 0 Å². The molecular formula is C20H32N2O2. The van der Waals surface area contributed by atoms with Gasteiger partial charge in [-0.25, -0.2) is 0 Å². The van der Waals surface area contributed by atoms with Crippen molar-refractivity contribution in [2.24, 2.45) is 0 Å². The molecule has 1 aromatic rings. The largest absolute Gasteiger partial charge is 0.480 e. The molecule has 0 radical (unpaired) electrons. The zero-order chi connectivity index (χ0) is 17.9. The van der Waals surface area contributed by atoms with Crippen LogP contribution < -0.4 is 0 Å². The van der Waals surface area contributed by atoms with Crippen LogP contribution in [0, 0.1) is 0 Å². The van der Waals surface area contributed by atoms with Gasteiger partial charge in [0.1, 0.15) is 6.04 Å². The van der Waals surface area contributed by atoms with Gasteiger partial charge >= 0.3 is 5.97 Å². The maximum Gasteiger partial charge on any atom is 0.325 e. The molecule has 1 aromatic carbocycles. The highest BCUT2D eigenvalue weighted by Gasteiger charge is 2.34. The van der Waals surface area contributed by atoms with Gasteiger partial charge < -0.3 is 10.0 Å². The molecule has 1 heterocycles. The molecule has 0 amide bonds. The van der Waals surface area contributed by atoms with Gasteiger partial charge in [0.15, 0.2) is 0 Å². The van der Waals surface area contributed by atoms with Gasteiger partial charge in [0.2, 0.25) is 0 Å². The first kappa shape index (κ1) is 18.9. The van der Waals surface area contributed by atoms with Crippen LogP contribution >= 0.6 is 0 Å². The summed E-state index contributed by atoms with van der Waals surface area (Å²) in [5.74, 6) is -0.755. The summed E-state index contributed by atoms with van der Waals surface area (Å²) < 4.78 is 0. The molecule has 0 bridgehead atoms. The normalized spacial score (nSPS) is 21.6. The number of nitrogens with zero attached hydrogens (tertiary/aromatic N) is 2. The Morgan fingerprint density at radius 3 is 2.33 bits per heavy atom. The molecule has 2 rings (SSSR count). The van der Waals surface area contributed by atoms with Gasteiger partial charge in [-0.05, 0) is 36.4 Å². The third-order valence-electron chi connectivity index (χ3n) is 4.96. The Hall–Kier alpha value is -1.39. The lowest BCUT2D eigenvalue weighted by atomic mass is 9.86. The Balaban J connectivity index is 2.19. The molecule has 4 nitrogen and oxygen atoms in total. The molecule has 1 aliphatic heterocycles. The fourth-order valence-corrected chi connectivity index (χ4v) is 3.59. The topological polar surface area (TPSA) is 43.8 Å². The van der Waals surface area contributed by atoms with Crippen LogP contribution in [0.1, 0.15) is 58.2 Å². The molecule has 134 valence electrons. The summed E-state index contributed by atoms with van der Waals surface area (Å²) in [7, 11) is 0. The maximum atomic E-state index is 12.0. The van der Waals surface area contributed by atoms with Gasteiger partial charge in [-0.1, -0.05) is 52.0 Å². The fourth-order valence-electron chi connectivity index (χ4n) is 3.59. The van der Waals surface area contributed by atoms with E-state index in [2.05, 4.69) is 56.6 Å². The lowest BCUT2D eigenvalue weighted by Crippen LogP contribution is -2.54. The third kappa shape index (κ3) is 4.37. The van der Waals surface area contributed by atoms with Crippen molar-refractivity contribution in [1.29, 1.82) is 0 Å². The van der Waals surface area contributed by atoms with Crippen molar-refractivity contribution < 1.29 is 9.90 Å². The number of hydrogen-bond donors (Lipinski definition) is 1. The Morgan fingerprint density at radius 1 is 1.25 bits per heavy atom. The molecule has 1 fully saturated rings. The fraction of sp³-hybridized carbons (Fsp3) is 0.650. The lowest BCUT2D eigenvalue weighted by molar-refractivity contribution is -0.145. The highest BCUT2D eigenvalue weighted by Crippen LogP contribution is 2.29. The van der Waals surface area contributed by atoms with Gasteiger partial charge in [0.25, 0.3) is 0 Å². The molecule has 0 spiro atoms. The highest BCUT2D eigenvalue weighted by atomic mass is 16.4. The van der Waals surface area contributed by atoms with E-state index in [-0.39, 0.29) is 11.5 Å². The average Bonchev–Trinajstić information content (AvgIpc) is 2.49.